The summed E-state index contributed by atoms with van der Waals surface area (Å²) in [6.07, 6.45) is 3.82. The molecule has 15 heavy (non-hydrogen) atoms. The minimum absolute atomic E-state index is 0.774. The largest absolute Gasteiger partial charge is 0.314 e. The fraction of sp³-hybridized carbons (Fsp3) is 0.750. The summed E-state index contributed by atoms with van der Waals surface area (Å²) in [5, 5.41) is 5.75. The zero-order valence-corrected chi connectivity index (χ0v) is 10.4. The summed E-state index contributed by atoms with van der Waals surface area (Å²) in [6.45, 7) is 5.74. The molecule has 0 aromatic carbocycles. The van der Waals surface area contributed by atoms with Gasteiger partial charge in [-0.15, -0.1) is 11.3 Å². The molecule has 1 aromatic rings. The molecule has 0 saturated heterocycles. The van der Waals surface area contributed by atoms with Crippen molar-refractivity contribution in [1.82, 2.24) is 10.3 Å². The highest BCUT2D eigenvalue weighted by Crippen LogP contribution is 2.33. The van der Waals surface area contributed by atoms with Crippen LogP contribution in [0, 0.1) is 11.8 Å². The van der Waals surface area contributed by atoms with Gasteiger partial charge in [0.2, 0.25) is 0 Å². The molecule has 0 atom stereocenters. The van der Waals surface area contributed by atoms with Crippen molar-refractivity contribution in [3.05, 3.63) is 16.6 Å². The summed E-state index contributed by atoms with van der Waals surface area (Å²) in [4.78, 5) is 4.28. The van der Waals surface area contributed by atoms with Crippen LogP contribution in [0.3, 0.4) is 0 Å². The van der Waals surface area contributed by atoms with E-state index < -0.39 is 0 Å². The van der Waals surface area contributed by atoms with E-state index in [-0.39, 0.29) is 0 Å². The van der Waals surface area contributed by atoms with Crippen molar-refractivity contribution in [1.29, 1.82) is 0 Å². The summed E-state index contributed by atoms with van der Waals surface area (Å²) in [5.41, 5.74) is 3.14. The van der Waals surface area contributed by atoms with E-state index in [0.29, 0.717) is 0 Å². The molecular weight excluding hydrogens is 204 g/mol. The van der Waals surface area contributed by atoms with E-state index in [1.165, 1.54) is 18.5 Å². The highest BCUT2D eigenvalue weighted by atomic mass is 32.1. The first-order chi connectivity index (χ1) is 7.25. The Morgan fingerprint density at radius 2 is 2.33 bits per heavy atom. The van der Waals surface area contributed by atoms with Crippen molar-refractivity contribution < 1.29 is 0 Å². The maximum absolute atomic E-state index is 4.28. The molecule has 0 spiro atoms. The number of hydrogen-bond donors (Lipinski definition) is 1. The van der Waals surface area contributed by atoms with Gasteiger partial charge in [0.15, 0.2) is 0 Å². The number of nitrogens with zero attached hydrogens (tertiary/aromatic N) is 1. The molecule has 2 nitrogen and oxygen atoms in total. The molecule has 0 amide bonds. The van der Waals surface area contributed by atoms with Crippen LogP contribution in [-0.4, -0.2) is 17.6 Å². The normalized spacial score (nSPS) is 25.5. The summed E-state index contributed by atoms with van der Waals surface area (Å²) in [6, 6.07) is 0.774. The second-order valence-electron chi connectivity index (χ2n) is 4.86. The lowest BCUT2D eigenvalue weighted by molar-refractivity contribution is 0.169. The van der Waals surface area contributed by atoms with E-state index in [0.717, 1.165) is 30.8 Å². The molecule has 0 radical (unpaired) electrons. The summed E-state index contributed by atoms with van der Waals surface area (Å²) in [5.74, 6) is 1.82. The van der Waals surface area contributed by atoms with Crippen LogP contribution in [0.25, 0.3) is 0 Å². The van der Waals surface area contributed by atoms with E-state index in [4.69, 9.17) is 0 Å². The molecule has 84 valence electrons. The number of hydrogen-bond acceptors (Lipinski definition) is 3. The standard InChI is InChI=1S/C12H20N2S/c1-9(2)10-5-12(6-10)13-4-3-11-7-15-8-14-11/h7-10,12-13H,3-6H2,1-2H3. The van der Waals surface area contributed by atoms with Crippen LogP contribution in [0.2, 0.25) is 0 Å². The van der Waals surface area contributed by atoms with Crippen LogP contribution >= 0.6 is 11.3 Å². The van der Waals surface area contributed by atoms with Gasteiger partial charge in [0.05, 0.1) is 11.2 Å². The lowest BCUT2D eigenvalue weighted by Crippen LogP contribution is -2.43. The van der Waals surface area contributed by atoms with Gasteiger partial charge in [-0.05, 0) is 24.7 Å². The molecule has 2 rings (SSSR count). The van der Waals surface area contributed by atoms with Gasteiger partial charge in [-0.25, -0.2) is 4.98 Å². The number of nitrogens with one attached hydrogen (secondary N) is 1. The Balaban J connectivity index is 1.57. The zero-order chi connectivity index (χ0) is 10.7. The molecule has 0 aliphatic heterocycles. The van der Waals surface area contributed by atoms with Gasteiger partial charge >= 0.3 is 0 Å². The van der Waals surface area contributed by atoms with E-state index in [2.05, 4.69) is 29.5 Å². The number of thiazole rings is 1. The predicted molar refractivity (Wildman–Crippen MR) is 65.2 cm³/mol. The van der Waals surface area contributed by atoms with E-state index in [9.17, 15) is 0 Å². The molecule has 1 N–H and O–H groups in total. The third-order valence-electron chi connectivity index (χ3n) is 3.41. The first-order valence-corrected chi connectivity index (χ1v) is 6.80. The van der Waals surface area contributed by atoms with Gasteiger partial charge in [0.25, 0.3) is 0 Å². The molecule has 0 unspecified atom stereocenters. The molecule has 0 bridgehead atoms. The van der Waals surface area contributed by atoms with Crippen molar-refractivity contribution in [2.75, 3.05) is 6.54 Å². The van der Waals surface area contributed by atoms with Gasteiger partial charge in [-0.3, -0.25) is 0 Å². The van der Waals surface area contributed by atoms with Crippen molar-refractivity contribution in [2.45, 2.75) is 39.2 Å². The first kappa shape index (κ1) is 11.1. The van der Waals surface area contributed by atoms with Gasteiger partial charge < -0.3 is 5.32 Å². The van der Waals surface area contributed by atoms with Crippen LogP contribution in [0.4, 0.5) is 0 Å². The van der Waals surface area contributed by atoms with Crippen LogP contribution in [0.15, 0.2) is 10.9 Å². The molecule has 1 aromatic heterocycles. The Kier molecular flexibility index (Phi) is 3.76. The third-order valence-corrected chi connectivity index (χ3v) is 4.05. The smallest absolute Gasteiger partial charge is 0.0794 e. The average molecular weight is 224 g/mol. The Bertz CT molecular complexity index is 276. The van der Waals surface area contributed by atoms with Crippen LogP contribution in [-0.2, 0) is 6.42 Å². The van der Waals surface area contributed by atoms with Gasteiger partial charge in [-0.1, -0.05) is 13.8 Å². The quantitative estimate of drug-likeness (QED) is 0.832. The van der Waals surface area contributed by atoms with Gasteiger partial charge in [0.1, 0.15) is 0 Å². The fourth-order valence-corrected chi connectivity index (χ4v) is 2.73. The lowest BCUT2D eigenvalue weighted by Gasteiger charge is -2.38. The zero-order valence-electron chi connectivity index (χ0n) is 9.57. The van der Waals surface area contributed by atoms with Crippen molar-refractivity contribution in [2.24, 2.45) is 11.8 Å². The molecule has 1 aliphatic rings. The number of aromatic nitrogens is 1. The Hall–Kier alpha value is -0.410. The summed E-state index contributed by atoms with van der Waals surface area (Å²) >= 11 is 1.68. The molecule has 1 aliphatic carbocycles. The number of rotatable bonds is 5. The van der Waals surface area contributed by atoms with E-state index >= 15 is 0 Å². The van der Waals surface area contributed by atoms with Crippen molar-refractivity contribution >= 4 is 11.3 Å². The molecule has 1 fully saturated rings. The van der Waals surface area contributed by atoms with Crippen LogP contribution < -0.4 is 5.32 Å². The topological polar surface area (TPSA) is 24.9 Å². The Labute approximate surface area is 96.1 Å². The predicted octanol–water partition coefficient (Wildman–Crippen LogP) is 2.71. The van der Waals surface area contributed by atoms with Crippen molar-refractivity contribution in [3.8, 4) is 0 Å². The molecular formula is C12H20N2S. The summed E-state index contributed by atoms with van der Waals surface area (Å²) in [7, 11) is 0. The highest BCUT2D eigenvalue weighted by Gasteiger charge is 2.30. The first-order valence-electron chi connectivity index (χ1n) is 5.86. The molecule has 1 saturated carbocycles. The second-order valence-corrected chi connectivity index (χ2v) is 5.58. The fourth-order valence-electron chi connectivity index (χ4n) is 2.14. The van der Waals surface area contributed by atoms with E-state index in [1.54, 1.807) is 11.3 Å². The lowest BCUT2D eigenvalue weighted by atomic mass is 9.74. The maximum Gasteiger partial charge on any atom is 0.0794 e. The highest BCUT2D eigenvalue weighted by molar-refractivity contribution is 7.07. The van der Waals surface area contributed by atoms with Gasteiger partial charge in [-0.2, -0.15) is 0 Å². The monoisotopic (exact) mass is 224 g/mol. The SMILES string of the molecule is CC(C)C1CC(NCCc2cscn2)C1. The molecule has 3 heteroatoms. The minimum Gasteiger partial charge on any atom is -0.314 e. The minimum atomic E-state index is 0.774. The average Bonchev–Trinajstić information content (AvgIpc) is 2.60. The third kappa shape index (κ3) is 3.02. The van der Waals surface area contributed by atoms with Crippen LogP contribution in [0.1, 0.15) is 32.4 Å². The van der Waals surface area contributed by atoms with Crippen molar-refractivity contribution in [3.63, 3.8) is 0 Å². The van der Waals surface area contributed by atoms with Gasteiger partial charge in [0, 0.05) is 24.4 Å². The van der Waals surface area contributed by atoms with E-state index in [1.807, 2.05) is 5.51 Å². The Morgan fingerprint density at radius 3 is 2.93 bits per heavy atom. The van der Waals surface area contributed by atoms with Crippen LogP contribution in [0.5, 0.6) is 0 Å². The Morgan fingerprint density at radius 1 is 1.53 bits per heavy atom. The maximum atomic E-state index is 4.28. The second kappa shape index (κ2) is 5.08. The molecule has 1 heterocycles. The summed E-state index contributed by atoms with van der Waals surface area (Å²) < 4.78 is 0.